The number of fused-ring (bicyclic) bond motifs is 1. The van der Waals surface area contributed by atoms with Crippen LogP contribution in [0.5, 0.6) is 5.75 Å². The summed E-state index contributed by atoms with van der Waals surface area (Å²) in [5, 5.41) is 0. The van der Waals surface area contributed by atoms with E-state index in [0.717, 1.165) is 24.8 Å². The van der Waals surface area contributed by atoms with Crippen LogP contribution in [0.15, 0.2) is 36.7 Å². The van der Waals surface area contributed by atoms with Crippen molar-refractivity contribution in [2.24, 2.45) is 5.92 Å². The number of pyridine rings is 2. The van der Waals surface area contributed by atoms with Crippen LogP contribution >= 0.6 is 0 Å². The molecule has 0 aromatic carbocycles. The van der Waals surface area contributed by atoms with Gasteiger partial charge in [-0.1, -0.05) is 13.0 Å². The number of rotatable bonds is 7. The number of hydrogen-bond acceptors (Lipinski definition) is 5. The van der Waals surface area contributed by atoms with Crippen LogP contribution in [0.1, 0.15) is 53.6 Å². The zero-order valence-corrected chi connectivity index (χ0v) is 17.9. The maximum Gasteiger partial charge on any atom is 0.433 e. The van der Waals surface area contributed by atoms with Gasteiger partial charge >= 0.3 is 6.18 Å². The minimum Gasteiger partial charge on any atom is -0.493 e. The van der Waals surface area contributed by atoms with Gasteiger partial charge in [-0.05, 0) is 31.4 Å². The van der Waals surface area contributed by atoms with E-state index in [4.69, 9.17) is 14.5 Å². The smallest absolute Gasteiger partial charge is 0.433 e. The van der Waals surface area contributed by atoms with E-state index in [1.54, 1.807) is 12.3 Å². The Kier molecular flexibility index (Phi) is 6.19. The highest BCUT2D eigenvalue weighted by Gasteiger charge is 2.33. The molecule has 1 aliphatic heterocycles. The fourth-order valence-electron chi connectivity index (χ4n) is 3.92. The van der Waals surface area contributed by atoms with Gasteiger partial charge in [0.2, 0.25) is 0 Å². The van der Waals surface area contributed by atoms with E-state index in [9.17, 15) is 18.0 Å². The number of halogens is 3. The third-order valence-electron chi connectivity index (χ3n) is 5.77. The highest BCUT2D eigenvalue weighted by Crippen LogP contribution is 2.32. The number of ether oxygens (including phenoxy) is 2. The average Bonchev–Trinajstić information content (AvgIpc) is 3.43. The van der Waals surface area contributed by atoms with Crippen LogP contribution in [-0.2, 0) is 17.3 Å². The molecule has 1 saturated heterocycles. The molecule has 170 valence electrons. The van der Waals surface area contributed by atoms with Gasteiger partial charge in [0.05, 0.1) is 18.9 Å². The third-order valence-corrected chi connectivity index (χ3v) is 5.77. The Morgan fingerprint density at radius 2 is 2.12 bits per heavy atom. The number of alkyl halides is 3. The van der Waals surface area contributed by atoms with E-state index in [2.05, 4.69) is 11.9 Å². The number of carbonyl (C=O) groups excluding carboxylic acids is 1. The van der Waals surface area contributed by atoms with E-state index in [-0.39, 0.29) is 18.0 Å². The summed E-state index contributed by atoms with van der Waals surface area (Å²) in [4.78, 5) is 21.0. The second-order valence-electron chi connectivity index (χ2n) is 7.95. The average molecular weight is 447 g/mol. The molecule has 0 spiro atoms. The summed E-state index contributed by atoms with van der Waals surface area (Å²) in [5.74, 6) is 0.578. The van der Waals surface area contributed by atoms with Gasteiger partial charge in [0.1, 0.15) is 22.8 Å². The second kappa shape index (κ2) is 8.90. The molecule has 0 bridgehead atoms. The van der Waals surface area contributed by atoms with Crippen LogP contribution in [0.25, 0.3) is 5.65 Å². The molecule has 2 atom stereocenters. The van der Waals surface area contributed by atoms with Gasteiger partial charge in [-0.25, -0.2) is 9.97 Å². The molecule has 1 aliphatic rings. The molecule has 1 fully saturated rings. The van der Waals surface area contributed by atoms with Gasteiger partial charge in [-0.2, -0.15) is 13.2 Å². The summed E-state index contributed by atoms with van der Waals surface area (Å²) in [6, 6.07) is 5.08. The topological polar surface area (TPSA) is 65.7 Å². The Bertz CT molecular complexity index is 1120. The van der Waals surface area contributed by atoms with Crippen LogP contribution in [0.2, 0.25) is 0 Å². The van der Waals surface area contributed by atoms with Gasteiger partial charge < -0.3 is 13.9 Å². The van der Waals surface area contributed by atoms with Crippen LogP contribution in [0.3, 0.4) is 0 Å². The first-order valence-electron chi connectivity index (χ1n) is 10.6. The summed E-state index contributed by atoms with van der Waals surface area (Å²) in [5.41, 5.74) is 0.842. The number of aromatic nitrogens is 3. The van der Waals surface area contributed by atoms with E-state index >= 15 is 0 Å². The standard InChI is InChI=1S/C23H24F3N3O3/c1-3-32-20-10-22-28-18(14(2)15-7-8-31-13-15)12-29(22)11-16(20)9-19(30)17-5-4-6-21(27-17)23(24,25)26/h4-6,10-12,14-15H,3,7-9,13H2,1-2H3. The fraction of sp³-hybridized carbons (Fsp3) is 0.435. The Balaban J connectivity index is 1.63. The molecular weight excluding hydrogens is 423 g/mol. The Hall–Kier alpha value is -2.94. The largest absolute Gasteiger partial charge is 0.493 e. The van der Waals surface area contributed by atoms with Gasteiger partial charge in [-0.15, -0.1) is 0 Å². The molecule has 9 heteroatoms. The fourth-order valence-corrected chi connectivity index (χ4v) is 3.92. The van der Waals surface area contributed by atoms with Crippen molar-refractivity contribution in [3.8, 4) is 5.75 Å². The van der Waals surface area contributed by atoms with Crippen molar-refractivity contribution in [1.29, 1.82) is 0 Å². The lowest BCUT2D eigenvalue weighted by molar-refractivity contribution is -0.141. The number of ketones is 1. The van der Waals surface area contributed by atoms with Crippen LogP contribution in [0, 0.1) is 5.92 Å². The first-order valence-corrected chi connectivity index (χ1v) is 10.6. The Labute approximate surface area is 183 Å². The lowest BCUT2D eigenvalue weighted by Gasteiger charge is -2.14. The quantitative estimate of drug-likeness (QED) is 0.491. The van der Waals surface area contributed by atoms with E-state index in [0.29, 0.717) is 36.1 Å². The van der Waals surface area contributed by atoms with Crippen molar-refractivity contribution in [1.82, 2.24) is 14.4 Å². The zero-order chi connectivity index (χ0) is 22.9. The van der Waals surface area contributed by atoms with Gasteiger partial charge in [0.25, 0.3) is 0 Å². The number of imidazole rings is 1. The van der Waals surface area contributed by atoms with Crippen molar-refractivity contribution in [3.05, 3.63) is 59.3 Å². The molecule has 2 unspecified atom stereocenters. The summed E-state index contributed by atoms with van der Waals surface area (Å²) in [6.45, 7) is 5.79. The maximum absolute atomic E-state index is 13.0. The first kappa shape index (κ1) is 22.3. The van der Waals surface area contributed by atoms with E-state index in [1.807, 2.05) is 17.5 Å². The summed E-state index contributed by atoms with van der Waals surface area (Å²) >= 11 is 0. The molecule has 0 saturated carbocycles. The molecule has 0 amide bonds. The van der Waals surface area contributed by atoms with Crippen molar-refractivity contribution >= 4 is 11.4 Å². The normalized spacial score (nSPS) is 17.6. The maximum atomic E-state index is 13.0. The van der Waals surface area contributed by atoms with Crippen molar-refractivity contribution < 1.29 is 27.4 Å². The summed E-state index contributed by atoms with van der Waals surface area (Å²) in [7, 11) is 0. The second-order valence-corrected chi connectivity index (χ2v) is 7.95. The molecular formula is C23H24F3N3O3. The predicted octanol–water partition coefficient (Wildman–Crippen LogP) is 4.71. The highest BCUT2D eigenvalue weighted by molar-refractivity contribution is 5.96. The lowest BCUT2D eigenvalue weighted by Crippen LogP contribution is -2.13. The van der Waals surface area contributed by atoms with Gasteiger partial charge in [0.15, 0.2) is 5.78 Å². The number of carbonyl (C=O) groups is 1. The highest BCUT2D eigenvalue weighted by atomic mass is 19.4. The molecule has 3 aromatic heterocycles. The summed E-state index contributed by atoms with van der Waals surface area (Å²) in [6.07, 6.45) is -0.0905. The predicted molar refractivity (Wildman–Crippen MR) is 111 cm³/mol. The summed E-state index contributed by atoms with van der Waals surface area (Å²) < 4.78 is 51.9. The molecule has 0 N–H and O–H groups in total. The molecule has 4 heterocycles. The number of hydrogen-bond donors (Lipinski definition) is 0. The minimum absolute atomic E-state index is 0.140. The van der Waals surface area contributed by atoms with Crippen LogP contribution < -0.4 is 4.74 Å². The first-order chi connectivity index (χ1) is 15.3. The van der Waals surface area contributed by atoms with Crippen molar-refractivity contribution in [3.63, 3.8) is 0 Å². The Morgan fingerprint density at radius 3 is 2.81 bits per heavy atom. The third kappa shape index (κ3) is 4.62. The molecule has 6 nitrogen and oxygen atoms in total. The van der Waals surface area contributed by atoms with Crippen molar-refractivity contribution in [2.45, 2.75) is 38.8 Å². The van der Waals surface area contributed by atoms with Gasteiger partial charge in [-0.3, -0.25) is 4.79 Å². The monoisotopic (exact) mass is 447 g/mol. The number of nitrogens with zero attached hydrogens (tertiary/aromatic N) is 3. The molecule has 0 radical (unpaired) electrons. The minimum atomic E-state index is -4.61. The number of Topliss-reactive ketones (excluding diaryl/α,β-unsaturated/α-hetero) is 1. The Morgan fingerprint density at radius 1 is 1.31 bits per heavy atom. The van der Waals surface area contributed by atoms with Crippen LogP contribution in [0.4, 0.5) is 13.2 Å². The van der Waals surface area contributed by atoms with Gasteiger partial charge in [0, 0.05) is 43.0 Å². The zero-order valence-electron chi connectivity index (χ0n) is 17.9. The van der Waals surface area contributed by atoms with Crippen molar-refractivity contribution in [2.75, 3.05) is 19.8 Å². The SMILES string of the molecule is CCOc1cc2nc(C(C)C3CCOC3)cn2cc1CC(=O)c1cccc(C(F)(F)F)n1. The molecule has 3 aromatic rings. The molecule has 32 heavy (non-hydrogen) atoms. The van der Waals surface area contributed by atoms with E-state index in [1.165, 1.54) is 12.1 Å². The molecule has 4 rings (SSSR count). The molecule has 0 aliphatic carbocycles. The van der Waals surface area contributed by atoms with Crippen LogP contribution in [-0.4, -0.2) is 40.0 Å². The van der Waals surface area contributed by atoms with E-state index < -0.39 is 17.7 Å². The lowest BCUT2D eigenvalue weighted by atomic mass is 9.91.